The highest BCUT2D eigenvalue weighted by Crippen LogP contribution is 2.14. The van der Waals surface area contributed by atoms with Crippen molar-refractivity contribution in [2.24, 2.45) is 5.14 Å². The van der Waals surface area contributed by atoms with Crippen molar-refractivity contribution >= 4 is 10.0 Å². The maximum Gasteiger partial charge on any atom is 0.212 e. The highest BCUT2D eigenvalue weighted by Gasteiger charge is 2.21. The maximum atomic E-state index is 11.7. The molecule has 1 unspecified atom stereocenters. The van der Waals surface area contributed by atoms with Gasteiger partial charge in [0.15, 0.2) is 0 Å². The fourth-order valence-electron chi connectivity index (χ4n) is 2.23. The summed E-state index contributed by atoms with van der Waals surface area (Å²) in [5.41, 5.74) is 2.13. The first-order valence-electron chi connectivity index (χ1n) is 6.65. The summed E-state index contributed by atoms with van der Waals surface area (Å²) in [6, 6.07) is 19.5. The number of hydrogen-bond donors (Lipinski definition) is 1. The number of benzene rings is 2. The summed E-state index contributed by atoms with van der Waals surface area (Å²) < 4.78 is 23.5. The number of sulfonamides is 1. The molecule has 0 aromatic heterocycles. The van der Waals surface area contributed by atoms with Crippen LogP contribution in [-0.2, 0) is 22.9 Å². The monoisotopic (exact) mass is 289 g/mol. The fourth-order valence-corrected chi connectivity index (χ4v) is 3.10. The average Bonchev–Trinajstić information content (AvgIpc) is 2.44. The normalized spacial score (nSPS) is 13.1. The van der Waals surface area contributed by atoms with Gasteiger partial charge in [0.1, 0.15) is 0 Å². The molecule has 0 bridgehead atoms. The molecule has 3 nitrogen and oxygen atoms in total. The van der Waals surface area contributed by atoms with Gasteiger partial charge in [-0.2, -0.15) is 0 Å². The van der Waals surface area contributed by atoms with Crippen molar-refractivity contribution in [1.82, 2.24) is 0 Å². The minimum atomic E-state index is -3.53. The maximum absolute atomic E-state index is 11.7. The number of nitrogens with two attached hydrogens (primary N) is 1. The Morgan fingerprint density at radius 1 is 0.850 bits per heavy atom. The van der Waals surface area contributed by atoms with Gasteiger partial charge in [-0.05, 0) is 30.4 Å². The first-order valence-corrected chi connectivity index (χ1v) is 8.26. The second kappa shape index (κ2) is 6.68. The van der Waals surface area contributed by atoms with Crippen LogP contribution in [0, 0.1) is 0 Å². The molecule has 0 aliphatic carbocycles. The molecule has 1 atom stereocenters. The summed E-state index contributed by atoms with van der Waals surface area (Å²) in [4.78, 5) is 0. The second-order valence-electron chi connectivity index (χ2n) is 4.93. The molecule has 0 radical (unpaired) electrons. The summed E-state index contributed by atoms with van der Waals surface area (Å²) in [6.45, 7) is 0. The van der Waals surface area contributed by atoms with Gasteiger partial charge in [0.25, 0.3) is 0 Å². The van der Waals surface area contributed by atoms with Crippen molar-refractivity contribution in [2.75, 3.05) is 0 Å². The molecule has 0 spiro atoms. The van der Waals surface area contributed by atoms with E-state index < -0.39 is 15.3 Å². The Morgan fingerprint density at radius 2 is 1.35 bits per heavy atom. The van der Waals surface area contributed by atoms with Gasteiger partial charge in [-0.15, -0.1) is 0 Å². The van der Waals surface area contributed by atoms with Crippen molar-refractivity contribution in [2.45, 2.75) is 24.5 Å². The third-order valence-corrected chi connectivity index (χ3v) is 4.70. The molecule has 2 N–H and O–H groups in total. The Hall–Kier alpha value is -1.65. The first-order chi connectivity index (χ1) is 9.55. The third-order valence-electron chi connectivity index (χ3n) is 3.37. The van der Waals surface area contributed by atoms with E-state index in [-0.39, 0.29) is 0 Å². The third kappa shape index (κ3) is 4.47. The molecule has 2 aromatic rings. The zero-order valence-corrected chi connectivity index (χ0v) is 12.1. The highest BCUT2D eigenvalue weighted by atomic mass is 32.2. The van der Waals surface area contributed by atoms with Gasteiger partial charge in [-0.1, -0.05) is 60.7 Å². The largest absolute Gasteiger partial charge is 0.228 e. The summed E-state index contributed by atoms with van der Waals surface area (Å²) in [7, 11) is -3.53. The predicted molar refractivity (Wildman–Crippen MR) is 81.8 cm³/mol. The predicted octanol–water partition coefficient (Wildman–Crippen LogP) is 2.52. The second-order valence-corrected chi connectivity index (χ2v) is 6.77. The van der Waals surface area contributed by atoms with Crippen molar-refractivity contribution in [1.29, 1.82) is 0 Å². The summed E-state index contributed by atoms with van der Waals surface area (Å²) >= 11 is 0. The Morgan fingerprint density at radius 3 is 1.85 bits per heavy atom. The van der Waals surface area contributed by atoms with E-state index in [2.05, 4.69) is 0 Å². The standard InChI is InChI=1S/C16H19NO2S/c17-20(18,19)16(13-15-9-5-2-6-10-15)12-11-14-7-3-1-4-8-14/h1-10,16H,11-13H2,(H2,17,18,19). The van der Waals surface area contributed by atoms with Gasteiger partial charge in [0, 0.05) is 0 Å². The van der Waals surface area contributed by atoms with Crippen molar-refractivity contribution in [3.63, 3.8) is 0 Å². The van der Waals surface area contributed by atoms with Crippen molar-refractivity contribution < 1.29 is 8.42 Å². The molecule has 0 saturated carbocycles. The molecule has 0 aliphatic rings. The fraction of sp³-hybridized carbons (Fsp3) is 0.250. The minimum Gasteiger partial charge on any atom is -0.228 e. The number of hydrogen-bond acceptors (Lipinski definition) is 2. The van der Waals surface area contributed by atoms with E-state index in [0.29, 0.717) is 12.8 Å². The SMILES string of the molecule is NS(=O)(=O)C(CCc1ccccc1)Cc1ccccc1. The van der Waals surface area contributed by atoms with Crippen LogP contribution in [0.4, 0.5) is 0 Å². The molecule has 0 saturated heterocycles. The molecule has 106 valence electrons. The topological polar surface area (TPSA) is 60.2 Å². The number of aryl methyl sites for hydroxylation is 1. The zero-order valence-electron chi connectivity index (χ0n) is 11.3. The number of rotatable bonds is 6. The molecular formula is C16H19NO2S. The molecule has 20 heavy (non-hydrogen) atoms. The molecule has 0 fully saturated rings. The van der Waals surface area contributed by atoms with Crippen LogP contribution in [0.15, 0.2) is 60.7 Å². The van der Waals surface area contributed by atoms with Crippen LogP contribution in [0.5, 0.6) is 0 Å². The summed E-state index contributed by atoms with van der Waals surface area (Å²) in [5.74, 6) is 0. The molecule has 4 heteroatoms. The van der Waals surface area contributed by atoms with Gasteiger partial charge in [-0.25, -0.2) is 13.6 Å². The van der Waals surface area contributed by atoms with Crippen LogP contribution >= 0.6 is 0 Å². The highest BCUT2D eigenvalue weighted by molar-refractivity contribution is 7.89. The smallest absolute Gasteiger partial charge is 0.212 e. The molecular weight excluding hydrogens is 270 g/mol. The van der Waals surface area contributed by atoms with E-state index in [0.717, 1.165) is 17.5 Å². The molecule has 2 rings (SSSR count). The van der Waals surface area contributed by atoms with Crippen molar-refractivity contribution in [3.8, 4) is 0 Å². The van der Waals surface area contributed by atoms with E-state index in [1.165, 1.54) is 0 Å². The van der Waals surface area contributed by atoms with Gasteiger partial charge >= 0.3 is 0 Å². The lowest BCUT2D eigenvalue weighted by molar-refractivity contribution is 0.570. The summed E-state index contributed by atoms with van der Waals surface area (Å²) in [6.07, 6.45) is 1.72. The Balaban J connectivity index is 2.05. The van der Waals surface area contributed by atoms with Crippen LogP contribution in [0.2, 0.25) is 0 Å². The van der Waals surface area contributed by atoms with Crippen LogP contribution in [0.25, 0.3) is 0 Å². The molecule has 0 aliphatic heterocycles. The lowest BCUT2D eigenvalue weighted by Gasteiger charge is -2.15. The Labute approximate surface area is 120 Å². The van der Waals surface area contributed by atoms with E-state index in [1.54, 1.807) is 0 Å². The van der Waals surface area contributed by atoms with Crippen molar-refractivity contribution in [3.05, 3.63) is 71.8 Å². The molecule has 2 aromatic carbocycles. The lowest BCUT2D eigenvalue weighted by atomic mass is 10.0. The van der Waals surface area contributed by atoms with Gasteiger partial charge < -0.3 is 0 Å². The molecule has 0 amide bonds. The van der Waals surface area contributed by atoms with Gasteiger partial charge in [0.05, 0.1) is 5.25 Å². The zero-order chi connectivity index (χ0) is 14.4. The van der Waals surface area contributed by atoms with Gasteiger partial charge in [0.2, 0.25) is 10.0 Å². The quantitative estimate of drug-likeness (QED) is 0.888. The van der Waals surface area contributed by atoms with Crippen LogP contribution < -0.4 is 5.14 Å². The Bertz CT molecular complexity index is 624. The van der Waals surface area contributed by atoms with Crippen LogP contribution in [0.3, 0.4) is 0 Å². The lowest BCUT2D eigenvalue weighted by Crippen LogP contribution is -2.31. The van der Waals surface area contributed by atoms with E-state index >= 15 is 0 Å². The molecule has 0 heterocycles. The number of primary sulfonamides is 1. The minimum absolute atomic E-state index is 0.465. The average molecular weight is 289 g/mol. The first kappa shape index (κ1) is 14.8. The van der Waals surface area contributed by atoms with Crippen LogP contribution in [-0.4, -0.2) is 13.7 Å². The van der Waals surface area contributed by atoms with E-state index in [9.17, 15) is 8.42 Å². The van der Waals surface area contributed by atoms with Gasteiger partial charge in [-0.3, -0.25) is 0 Å². The Kier molecular flexibility index (Phi) is 4.93. The van der Waals surface area contributed by atoms with Crippen LogP contribution in [0.1, 0.15) is 17.5 Å². The van der Waals surface area contributed by atoms with E-state index in [1.807, 2.05) is 60.7 Å². The summed E-state index contributed by atoms with van der Waals surface area (Å²) in [5, 5.41) is 4.83. The van der Waals surface area contributed by atoms with E-state index in [4.69, 9.17) is 5.14 Å².